The Bertz CT molecular complexity index is 352. The summed E-state index contributed by atoms with van der Waals surface area (Å²) in [7, 11) is 0. The zero-order valence-electron chi connectivity index (χ0n) is 9.79. The van der Waals surface area contributed by atoms with Crippen molar-refractivity contribution in [1.82, 2.24) is 5.32 Å². The quantitative estimate of drug-likeness (QED) is 0.787. The van der Waals surface area contributed by atoms with E-state index in [0.29, 0.717) is 13.0 Å². The average Bonchev–Trinajstić information content (AvgIpc) is 2.26. The van der Waals surface area contributed by atoms with Crippen molar-refractivity contribution in [2.24, 2.45) is 0 Å². The molecule has 0 aromatic heterocycles. The third-order valence-corrected chi connectivity index (χ3v) is 2.87. The van der Waals surface area contributed by atoms with Gasteiger partial charge in [0.2, 0.25) is 5.91 Å². The molecular formula is C13H18ClNO. The minimum atomic E-state index is 0.0291. The molecule has 16 heavy (non-hydrogen) atoms. The highest BCUT2D eigenvalue weighted by Crippen LogP contribution is 2.05. The molecule has 0 heterocycles. The number of halogens is 1. The second-order valence-corrected chi connectivity index (χ2v) is 4.59. The molecule has 1 aromatic carbocycles. The van der Waals surface area contributed by atoms with Gasteiger partial charge in [-0.1, -0.05) is 36.8 Å². The van der Waals surface area contributed by atoms with E-state index in [0.717, 1.165) is 12.0 Å². The molecule has 1 amide bonds. The van der Waals surface area contributed by atoms with Crippen LogP contribution in [0.1, 0.15) is 24.5 Å². The second-order valence-electron chi connectivity index (χ2n) is 3.98. The van der Waals surface area contributed by atoms with E-state index in [1.54, 1.807) is 0 Å². The lowest BCUT2D eigenvalue weighted by Crippen LogP contribution is -2.30. The summed E-state index contributed by atoms with van der Waals surface area (Å²) in [6, 6.07) is 7.98. The molecule has 1 atom stereocenters. The lowest BCUT2D eigenvalue weighted by atomic mass is 10.1. The molecule has 2 nitrogen and oxygen atoms in total. The van der Waals surface area contributed by atoms with Crippen LogP contribution in [-0.4, -0.2) is 17.8 Å². The van der Waals surface area contributed by atoms with Gasteiger partial charge in [-0.2, -0.15) is 0 Å². The van der Waals surface area contributed by atoms with Crippen LogP contribution < -0.4 is 5.32 Å². The number of hydrogen-bond acceptors (Lipinski definition) is 1. The number of nitrogens with one attached hydrogen (secondary N) is 1. The lowest BCUT2D eigenvalue weighted by Gasteiger charge is -2.08. The molecule has 0 aliphatic rings. The molecule has 0 aliphatic carbocycles. The first kappa shape index (κ1) is 13.0. The van der Waals surface area contributed by atoms with Crippen LogP contribution in [0.5, 0.6) is 0 Å². The minimum absolute atomic E-state index is 0.0291. The fraction of sp³-hybridized carbons (Fsp3) is 0.462. The number of carbonyl (C=O) groups is 1. The maximum absolute atomic E-state index is 11.6. The maximum atomic E-state index is 11.6. The zero-order chi connectivity index (χ0) is 12.0. The smallest absolute Gasteiger partial charge is 0.224 e. The van der Waals surface area contributed by atoms with Crippen molar-refractivity contribution < 1.29 is 4.79 Å². The van der Waals surface area contributed by atoms with Crippen LogP contribution in [0.25, 0.3) is 0 Å². The van der Waals surface area contributed by atoms with Gasteiger partial charge in [0.1, 0.15) is 0 Å². The Morgan fingerprint density at radius 2 is 2.25 bits per heavy atom. The van der Waals surface area contributed by atoms with Crippen LogP contribution in [0.15, 0.2) is 24.3 Å². The van der Waals surface area contributed by atoms with Crippen LogP contribution in [-0.2, 0) is 11.2 Å². The molecule has 0 saturated heterocycles. The summed E-state index contributed by atoms with van der Waals surface area (Å²) in [5, 5.41) is 2.86. The topological polar surface area (TPSA) is 29.1 Å². The molecule has 1 rings (SSSR count). The molecule has 88 valence electrons. The van der Waals surface area contributed by atoms with Crippen LogP contribution in [0, 0.1) is 6.92 Å². The first-order chi connectivity index (χ1) is 7.61. The number of aryl methyl sites for hydroxylation is 1. The van der Waals surface area contributed by atoms with Gasteiger partial charge in [-0.15, -0.1) is 11.6 Å². The Morgan fingerprint density at radius 3 is 2.88 bits per heavy atom. The minimum Gasteiger partial charge on any atom is -0.354 e. The molecule has 1 aromatic rings. The van der Waals surface area contributed by atoms with Gasteiger partial charge in [0, 0.05) is 6.54 Å². The Balaban J connectivity index is 2.40. The van der Waals surface area contributed by atoms with Crippen molar-refractivity contribution in [3.05, 3.63) is 35.4 Å². The summed E-state index contributed by atoms with van der Waals surface area (Å²) in [6.45, 7) is 4.57. The zero-order valence-corrected chi connectivity index (χ0v) is 10.6. The lowest BCUT2D eigenvalue weighted by molar-refractivity contribution is -0.120. The van der Waals surface area contributed by atoms with Crippen LogP contribution >= 0.6 is 11.6 Å². The summed E-state index contributed by atoms with van der Waals surface area (Å²) in [6.07, 6.45) is 1.29. The highest BCUT2D eigenvalue weighted by Gasteiger charge is 2.06. The molecule has 0 saturated carbocycles. The third kappa shape index (κ3) is 4.67. The predicted molar refractivity (Wildman–Crippen MR) is 67.8 cm³/mol. The molecule has 0 aliphatic heterocycles. The Kier molecular flexibility index (Phi) is 5.33. The van der Waals surface area contributed by atoms with E-state index in [2.05, 4.69) is 5.32 Å². The number of hydrogen-bond donors (Lipinski definition) is 1. The standard InChI is InChI=1S/C13H18ClNO/c1-3-12(14)9-15-13(16)8-11-6-4-5-10(2)7-11/h4-7,12H,3,8-9H2,1-2H3,(H,15,16). The van der Waals surface area contributed by atoms with Gasteiger partial charge in [-0.3, -0.25) is 4.79 Å². The Hall–Kier alpha value is -1.02. The van der Waals surface area contributed by atoms with Gasteiger partial charge in [-0.25, -0.2) is 0 Å². The van der Waals surface area contributed by atoms with Gasteiger partial charge < -0.3 is 5.32 Å². The number of amides is 1. The SMILES string of the molecule is CCC(Cl)CNC(=O)Cc1cccc(C)c1. The summed E-state index contributed by atoms with van der Waals surface area (Å²) in [4.78, 5) is 11.6. The van der Waals surface area contributed by atoms with Crippen LogP contribution in [0.3, 0.4) is 0 Å². The molecule has 0 fully saturated rings. The van der Waals surface area contributed by atoms with Crippen molar-refractivity contribution in [2.45, 2.75) is 32.1 Å². The van der Waals surface area contributed by atoms with Gasteiger partial charge in [0.05, 0.1) is 11.8 Å². The molecule has 3 heteroatoms. The van der Waals surface area contributed by atoms with E-state index in [1.807, 2.05) is 38.1 Å². The van der Waals surface area contributed by atoms with Gasteiger partial charge in [-0.05, 0) is 18.9 Å². The summed E-state index contributed by atoms with van der Waals surface area (Å²) < 4.78 is 0. The van der Waals surface area contributed by atoms with Crippen LogP contribution in [0.4, 0.5) is 0 Å². The number of alkyl halides is 1. The average molecular weight is 240 g/mol. The van der Waals surface area contributed by atoms with E-state index < -0.39 is 0 Å². The van der Waals surface area contributed by atoms with E-state index in [9.17, 15) is 4.79 Å². The highest BCUT2D eigenvalue weighted by molar-refractivity contribution is 6.20. The van der Waals surface area contributed by atoms with Gasteiger partial charge in [0.15, 0.2) is 0 Å². The van der Waals surface area contributed by atoms with E-state index in [1.165, 1.54) is 5.56 Å². The third-order valence-electron chi connectivity index (χ3n) is 2.41. The van der Waals surface area contributed by atoms with E-state index >= 15 is 0 Å². The van der Waals surface area contributed by atoms with E-state index in [-0.39, 0.29) is 11.3 Å². The summed E-state index contributed by atoms with van der Waals surface area (Å²) in [5.74, 6) is 0.0321. The first-order valence-corrected chi connectivity index (χ1v) is 6.01. The van der Waals surface area contributed by atoms with Crippen molar-refractivity contribution in [3.8, 4) is 0 Å². The van der Waals surface area contributed by atoms with Crippen LogP contribution in [0.2, 0.25) is 0 Å². The molecule has 0 bridgehead atoms. The molecule has 0 spiro atoms. The summed E-state index contributed by atoms with van der Waals surface area (Å²) in [5.41, 5.74) is 2.22. The molecule has 1 unspecified atom stereocenters. The van der Waals surface area contributed by atoms with Gasteiger partial charge in [0.25, 0.3) is 0 Å². The number of benzene rings is 1. The molecule has 0 radical (unpaired) electrons. The fourth-order valence-electron chi connectivity index (χ4n) is 1.44. The maximum Gasteiger partial charge on any atom is 0.224 e. The Labute approximate surface area is 102 Å². The van der Waals surface area contributed by atoms with Crippen molar-refractivity contribution in [1.29, 1.82) is 0 Å². The van der Waals surface area contributed by atoms with Crippen molar-refractivity contribution in [3.63, 3.8) is 0 Å². The monoisotopic (exact) mass is 239 g/mol. The molecule has 1 N–H and O–H groups in total. The van der Waals surface area contributed by atoms with E-state index in [4.69, 9.17) is 11.6 Å². The second kappa shape index (κ2) is 6.54. The largest absolute Gasteiger partial charge is 0.354 e. The normalized spacial score (nSPS) is 12.2. The summed E-state index contributed by atoms with van der Waals surface area (Å²) >= 11 is 5.92. The molecular weight excluding hydrogens is 222 g/mol. The van der Waals surface area contributed by atoms with Crippen molar-refractivity contribution in [2.75, 3.05) is 6.54 Å². The first-order valence-electron chi connectivity index (χ1n) is 5.58. The Morgan fingerprint density at radius 1 is 1.50 bits per heavy atom. The number of rotatable bonds is 5. The fourth-order valence-corrected chi connectivity index (χ4v) is 1.52. The number of carbonyl (C=O) groups excluding carboxylic acids is 1. The van der Waals surface area contributed by atoms with Gasteiger partial charge >= 0.3 is 0 Å². The van der Waals surface area contributed by atoms with Crippen molar-refractivity contribution >= 4 is 17.5 Å². The predicted octanol–water partition coefficient (Wildman–Crippen LogP) is 2.67. The highest BCUT2D eigenvalue weighted by atomic mass is 35.5.